The van der Waals surface area contributed by atoms with E-state index in [4.69, 9.17) is 9.15 Å². The lowest BCUT2D eigenvalue weighted by atomic mass is 10.2. The highest BCUT2D eigenvalue weighted by molar-refractivity contribution is 6.00. The van der Waals surface area contributed by atoms with Gasteiger partial charge in [0.2, 0.25) is 0 Å². The van der Waals surface area contributed by atoms with Crippen molar-refractivity contribution in [2.75, 3.05) is 7.11 Å². The SMILES string of the molecule is COc1cccc2c1cc(C(=O)NCc1ccco1)n2C. The number of hydrogen-bond acceptors (Lipinski definition) is 3. The van der Waals surface area contributed by atoms with Gasteiger partial charge < -0.3 is 19.0 Å². The van der Waals surface area contributed by atoms with Gasteiger partial charge in [0.1, 0.15) is 17.2 Å². The Morgan fingerprint density at radius 1 is 1.33 bits per heavy atom. The number of nitrogens with one attached hydrogen (secondary N) is 1. The number of benzene rings is 1. The predicted octanol–water partition coefficient (Wildman–Crippen LogP) is 2.71. The number of aromatic nitrogens is 1. The number of aryl methyl sites for hydroxylation is 1. The highest BCUT2D eigenvalue weighted by Gasteiger charge is 2.15. The number of ether oxygens (including phenoxy) is 1. The van der Waals surface area contributed by atoms with Crippen LogP contribution in [0.4, 0.5) is 0 Å². The first-order chi connectivity index (χ1) is 10.2. The first kappa shape index (κ1) is 13.3. The molecule has 1 aromatic carbocycles. The molecule has 0 radical (unpaired) electrons. The summed E-state index contributed by atoms with van der Waals surface area (Å²) in [6.45, 7) is 0.366. The molecule has 5 heteroatoms. The van der Waals surface area contributed by atoms with Gasteiger partial charge in [0.05, 0.1) is 25.4 Å². The number of fused-ring (bicyclic) bond motifs is 1. The molecule has 108 valence electrons. The minimum Gasteiger partial charge on any atom is -0.496 e. The summed E-state index contributed by atoms with van der Waals surface area (Å²) < 4.78 is 12.4. The van der Waals surface area contributed by atoms with E-state index in [1.54, 1.807) is 19.4 Å². The number of hydrogen-bond donors (Lipinski definition) is 1. The molecule has 3 aromatic rings. The summed E-state index contributed by atoms with van der Waals surface area (Å²) in [4.78, 5) is 12.3. The third kappa shape index (κ3) is 2.38. The van der Waals surface area contributed by atoms with Crippen molar-refractivity contribution in [2.24, 2.45) is 7.05 Å². The van der Waals surface area contributed by atoms with E-state index >= 15 is 0 Å². The second kappa shape index (κ2) is 5.36. The van der Waals surface area contributed by atoms with Crippen LogP contribution in [0.25, 0.3) is 10.9 Å². The second-order valence-electron chi connectivity index (χ2n) is 4.74. The Morgan fingerprint density at radius 3 is 2.90 bits per heavy atom. The van der Waals surface area contributed by atoms with Crippen LogP contribution in [-0.4, -0.2) is 17.6 Å². The van der Waals surface area contributed by atoms with Gasteiger partial charge in [-0.25, -0.2) is 0 Å². The third-order valence-corrected chi connectivity index (χ3v) is 3.50. The molecule has 1 N–H and O–H groups in total. The summed E-state index contributed by atoms with van der Waals surface area (Å²) in [6, 6.07) is 11.2. The van der Waals surface area contributed by atoms with Gasteiger partial charge in [0.25, 0.3) is 5.91 Å². The maximum absolute atomic E-state index is 12.3. The summed E-state index contributed by atoms with van der Waals surface area (Å²) in [5.41, 5.74) is 1.54. The van der Waals surface area contributed by atoms with Crippen LogP contribution in [0.2, 0.25) is 0 Å². The third-order valence-electron chi connectivity index (χ3n) is 3.50. The Balaban J connectivity index is 1.89. The van der Waals surface area contributed by atoms with Gasteiger partial charge >= 0.3 is 0 Å². The normalized spacial score (nSPS) is 10.8. The number of methoxy groups -OCH3 is 1. The van der Waals surface area contributed by atoms with E-state index in [1.165, 1.54) is 0 Å². The molecule has 0 aliphatic rings. The molecule has 0 aliphatic heterocycles. The fraction of sp³-hybridized carbons (Fsp3) is 0.188. The summed E-state index contributed by atoms with van der Waals surface area (Å²) in [6.07, 6.45) is 1.59. The Bertz CT molecular complexity index is 772. The average molecular weight is 284 g/mol. The minimum absolute atomic E-state index is 0.146. The molecule has 5 nitrogen and oxygen atoms in total. The second-order valence-corrected chi connectivity index (χ2v) is 4.74. The highest BCUT2D eigenvalue weighted by atomic mass is 16.5. The zero-order valence-electron chi connectivity index (χ0n) is 11.9. The molecule has 1 amide bonds. The smallest absolute Gasteiger partial charge is 0.268 e. The topological polar surface area (TPSA) is 56.4 Å². The number of amides is 1. The van der Waals surface area contributed by atoms with Gasteiger partial charge in [0.15, 0.2) is 0 Å². The molecule has 0 spiro atoms. The lowest BCUT2D eigenvalue weighted by Crippen LogP contribution is -2.24. The van der Waals surface area contributed by atoms with Crippen molar-refractivity contribution < 1.29 is 13.9 Å². The molecule has 2 aromatic heterocycles. The van der Waals surface area contributed by atoms with E-state index in [1.807, 2.05) is 41.9 Å². The molecule has 0 aliphatic carbocycles. The van der Waals surface area contributed by atoms with Gasteiger partial charge in [-0.3, -0.25) is 4.79 Å². The molecule has 0 saturated heterocycles. The zero-order valence-corrected chi connectivity index (χ0v) is 11.9. The monoisotopic (exact) mass is 284 g/mol. The van der Waals surface area contributed by atoms with Crippen molar-refractivity contribution in [1.29, 1.82) is 0 Å². The molecule has 0 saturated carbocycles. The molecular formula is C16H16N2O3. The van der Waals surface area contributed by atoms with E-state index in [0.717, 1.165) is 22.4 Å². The molecule has 3 rings (SSSR count). The number of rotatable bonds is 4. The van der Waals surface area contributed by atoms with Gasteiger partial charge in [-0.2, -0.15) is 0 Å². The van der Waals surface area contributed by atoms with Crippen molar-refractivity contribution in [3.63, 3.8) is 0 Å². The van der Waals surface area contributed by atoms with E-state index in [0.29, 0.717) is 12.2 Å². The Kier molecular flexibility index (Phi) is 3.39. The van der Waals surface area contributed by atoms with Crippen LogP contribution < -0.4 is 10.1 Å². The molecule has 0 bridgehead atoms. The predicted molar refractivity (Wildman–Crippen MR) is 79.3 cm³/mol. The van der Waals surface area contributed by atoms with E-state index < -0.39 is 0 Å². The average Bonchev–Trinajstić information content (AvgIpc) is 3.13. The van der Waals surface area contributed by atoms with Gasteiger partial charge in [0, 0.05) is 12.4 Å². The van der Waals surface area contributed by atoms with Gasteiger partial charge in [-0.1, -0.05) is 6.07 Å². The zero-order chi connectivity index (χ0) is 14.8. The molecule has 2 heterocycles. The van der Waals surface area contributed by atoms with E-state index in [-0.39, 0.29) is 5.91 Å². The minimum atomic E-state index is -0.146. The lowest BCUT2D eigenvalue weighted by Gasteiger charge is -2.05. The fourth-order valence-electron chi connectivity index (χ4n) is 2.40. The first-order valence-electron chi connectivity index (χ1n) is 6.63. The molecule has 0 unspecified atom stereocenters. The van der Waals surface area contributed by atoms with Crippen molar-refractivity contribution in [3.8, 4) is 5.75 Å². The van der Waals surface area contributed by atoms with Gasteiger partial charge in [-0.15, -0.1) is 0 Å². The number of carbonyl (C=O) groups is 1. The van der Waals surface area contributed by atoms with E-state index in [2.05, 4.69) is 5.32 Å². The van der Waals surface area contributed by atoms with Crippen LogP contribution in [0, 0.1) is 0 Å². The summed E-state index contributed by atoms with van der Waals surface area (Å²) in [7, 11) is 3.49. The highest BCUT2D eigenvalue weighted by Crippen LogP contribution is 2.27. The quantitative estimate of drug-likeness (QED) is 0.801. The van der Waals surface area contributed by atoms with Gasteiger partial charge in [-0.05, 0) is 30.3 Å². The van der Waals surface area contributed by atoms with Crippen LogP contribution in [0.1, 0.15) is 16.2 Å². The maximum atomic E-state index is 12.3. The first-order valence-corrected chi connectivity index (χ1v) is 6.63. The fourth-order valence-corrected chi connectivity index (χ4v) is 2.40. The number of furan rings is 1. The Morgan fingerprint density at radius 2 is 2.19 bits per heavy atom. The number of carbonyl (C=O) groups excluding carboxylic acids is 1. The summed E-state index contributed by atoms with van der Waals surface area (Å²) in [5.74, 6) is 1.33. The number of nitrogens with zero attached hydrogens (tertiary/aromatic N) is 1. The summed E-state index contributed by atoms with van der Waals surface area (Å²) in [5, 5.41) is 3.77. The van der Waals surface area contributed by atoms with Crippen LogP contribution in [-0.2, 0) is 13.6 Å². The lowest BCUT2D eigenvalue weighted by molar-refractivity contribution is 0.0940. The Hall–Kier alpha value is -2.69. The Labute approximate surface area is 122 Å². The molecular weight excluding hydrogens is 268 g/mol. The maximum Gasteiger partial charge on any atom is 0.268 e. The van der Waals surface area contributed by atoms with Crippen molar-refractivity contribution in [1.82, 2.24) is 9.88 Å². The molecule has 0 fully saturated rings. The van der Waals surface area contributed by atoms with Crippen molar-refractivity contribution in [3.05, 3.63) is 54.1 Å². The standard InChI is InChI=1S/C16H16N2O3/c1-18-13-6-3-7-15(20-2)12(13)9-14(18)16(19)17-10-11-5-4-8-21-11/h3-9H,10H2,1-2H3,(H,17,19). The van der Waals surface area contributed by atoms with Crippen molar-refractivity contribution in [2.45, 2.75) is 6.54 Å². The van der Waals surface area contributed by atoms with Crippen LogP contribution >= 0.6 is 0 Å². The van der Waals surface area contributed by atoms with Crippen LogP contribution in [0.3, 0.4) is 0 Å². The molecule has 0 atom stereocenters. The van der Waals surface area contributed by atoms with E-state index in [9.17, 15) is 4.79 Å². The van der Waals surface area contributed by atoms with Crippen LogP contribution in [0.5, 0.6) is 5.75 Å². The molecule has 21 heavy (non-hydrogen) atoms. The van der Waals surface area contributed by atoms with Crippen LogP contribution in [0.15, 0.2) is 47.1 Å². The van der Waals surface area contributed by atoms with Crippen molar-refractivity contribution >= 4 is 16.8 Å². The largest absolute Gasteiger partial charge is 0.496 e. The summed E-state index contributed by atoms with van der Waals surface area (Å²) >= 11 is 0.